The SMILES string of the molecule is COc1cc(C(c2ccccn2)N2CCCC(C(=O)O)C2)cc(OC)c1OC. The molecule has 7 heteroatoms. The molecule has 2 heterocycles. The van der Waals surface area contributed by atoms with Crippen LogP contribution in [0.1, 0.15) is 30.1 Å². The van der Waals surface area contributed by atoms with Crippen LogP contribution in [0, 0.1) is 5.92 Å². The highest BCUT2D eigenvalue weighted by Crippen LogP contribution is 2.42. The van der Waals surface area contributed by atoms with Crippen LogP contribution in [-0.4, -0.2) is 55.4 Å². The molecule has 1 saturated heterocycles. The smallest absolute Gasteiger partial charge is 0.307 e. The Balaban J connectivity index is 2.09. The fourth-order valence-electron chi connectivity index (χ4n) is 3.81. The van der Waals surface area contributed by atoms with Crippen LogP contribution in [0.2, 0.25) is 0 Å². The van der Waals surface area contributed by atoms with Gasteiger partial charge in [0.05, 0.1) is 39.0 Å². The van der Waals surface area contributed by atoms with Crippen molar-refractivity contribution >= 4 is 5.97 Å². The molecule has 28 heavy (non-hydrogen) atoms. The van der Waals surface area contributed by atoms with Gasteiger partial charge < -0.3 is 19.3 Å². The first-order valence-corrected chi connectivity index (χ1v) is 9.26. The predicted octanol–water partition coefficient (Wildman–Crippen LogP) is 2.99. The predicted molar refractivity (Wildman–Crippen MR) is 104 cm³/mol. The minimum absolute atomic E-state index is 0.211. The molecule has 1 fully saturated rings. The minimum atomic E-state index is -0.755. The van der Waals surface area contributed by atoms with Crippen molar-refractivity contribution in [3.8, 4) is 17.2 Å². The van der Waals surface area contributed by atoms with Crippen molar-refractivity contribution < 1.29 is 24.1 Å². The fourth-order valence-corrected chi connectivity index (χ4v) is 3.81. The topological polar surface area (TPSA) is 81.1 Å². The summed E-state index contributed by atoms with van der Waals surface area (Å²) in [4.78, 5) is 18.3. The summed E-state index contributed by atoms with van der Waals surface area (Å²) in [5, 5.41) is 9.51. The minimum Gasteiger partial charge on any atom is -0.493 e. The van der Waals surface area contributed by atoms with Crippen LogP contribution in [0.5, 0.6) is 17.2 Å². The monoisotopic (exact) mass is 386 g/mol. The van der Waals surface area contributed by atoms with Gasteiger partial charge in [-0.05, 0) is 49.2 Å². The van der Waals surface area contributed by atoms with E-state index >= 15 is 0 Å². The second-order valence-electron chi connectivity index (χ2n) is 6.79. The van der Waals surface area contributed by atoms with Crippen LogP contribution in [-0.2, 0) is 4.79 Å². The van der Waals surface area contributed by atoms with Crippen LogP contribution >= 0.6 is 0 Å². The average molecular weight is 386 g/mol. The van der Waals surface area contributed by atoms with Gasteiger partial charge in [0.2, 0.25) is 5.75 Å². The van der Waals surface area contributed by atoms with E-state index in [9.17, 15) is 9.90 Å². The van der Waals surface area contributed by atoms with Gasteiger partial charge in [-0.25, -0.2) is 0 Å². The number of hydrogen-bond donors (Lipinski definition) is 1. The lowest BCUT2D eigenvalue weighted by Crippen LogP contribution is -2.41. The zero-order chi connectivity index (χ0) is 20.1. The highest BCUT2D eigenvalue weighted by atomic mass is 16.5. The number of aliphatic carboxylic acids is 1. The van der Waals surface area contributed by atoms with Crippen LogP contribution < -0.4 is 14.2 Å². The first kappa shape index (κ1) is 19.9. The Kier molecular flexibility index (Phi) is 6.36. The number of methoxy groups -OCH3 is 3. The number of likely N-dealkylation sites (tertiary alicyclic amines) is 1. The molecule has 0 saturated carbocycles. The molecular weight excluding hydrogens is 360 g/mol. The second kappa shape index (κ2) is 8.93. The summed E-state index contributed by atoms with van der Waals surface area (Å²) in [6.07, 6.45) is 3.26. The van der Waals surface area contributed by atoms with Gasteiger partial charge in [0.15, 0.2) is 11.5 Å². The molecule has 0 aliphatic carbocycles. The average Bonchev–Trinajstić information content (AvgIpc) is 2.74. The molecule has 7 nitrogen and oxygen atoms in total. The summed E-state index contributed by atoms with van der Waals surface area (Å²) in [7, 11) is 4.73. The number of pyridine rings is 1. The number of piperidine rings is 1. The number of hydrogen-bond acceptors (Lipinski definition) is 6. The molecule has 150 valence electrons. The van der Waals surface area contributed by atoms with Crippen molar-refractivity contribution in [2.24, 2.45) is 5.92 Å². The second-order valence-corrected chi connectivity index (χ2v) is 6.79. The Bertz CT molecular complexity index is 787. The maximum Gasteiger partial charge on any atom is 0.307 e. The number of carboxylic acid groups (broad SMARTS) is 1. The molecule has 1 aromatic carbocycles. The summed E-state index contributed by atoms with van der Waals surface area (Å²) in [5.74, 6) is 0.501. The number of nitrogens with zero attached hydrogens (tertiary/aromatic N) is 2. The third-order valence-corrected chi connectivity index (χ3v) is 5.14. The Hall–Kier alpha value is -2.80. The molecule has 2 aromatic rings. The van der Waals surface area contributed by atoms with Crippen molar-refractivity contribution in [1.82, 2.24) is 9.88 Å². The molecule has 3 rings (SSSR count). The quantitative estimate of drug-likeness (QED) is 0.783. The van der Waals surface area contributed by atoms with E-state index in [4.69, 9.17) is 14.2 Å². The molecule has 0 spiro atoms. The van der Waals surface area contributed by atoms with E-state index in [1.54, 1.807) is 27.5 Å². The lowest BCUT2D eigenvalue weighted by Gasteiger charge is -2.37. The van der Waals surface area contributed by atoms with Gasteiger partial charge in [0.25, 0.3) is 0 Å². The highest BCUT2D eigenvalue weighted by molar-refractivity contribution is 5.70. The number of rotatable bonds is 7. The van der Waals surface area contributed by atoms with E-state index in [-0.39, 0.29) is 12.0 Å². The molecule has 1 aliphatic heterocycles. The summed E-state index contributed by atoms with van der Waals surface area (Å²) in [6.45, 7) is 1.26. The van der Waals surface area contributed by atoms with E-state index in [2.05, 4.69) is 9.88 Å². The van der Waals surface area contributed by atoms with E-state index < -0.39 is 5.97 Å². The molecule has 0 radical (unpaired) electrons. The Morgan fingerprint density at radius 1 is 1.18 bits per heavy atom. The van der Waals surface area contributed by atoms with Gasteiger partial charge in [-0.15, -0.1) is 0 Å². The molecule has 2 atom stereocenters. The van der Waals surface area contributed by atoms with E-state index in [1.165, 1.54) is 0 Å². The maximum absolute atomic E-state index is 11.6. The number of aromatic nitrogens is 1. The van der Waals surface area contributed by atoms with Crippen LogP contribution in [0.15, 0.2) is 36.5 Å². The fraction of sp³-hybridized carbons (Fsp3) is 0.429. The molecule has 0 amide bonds. The third kappa shape index (κ3) is 4.04. The van der Waals surface area contributed by atoms with Crippen molar-refractivity contribution in [3.05, 3.63) is 47.8 Å². The Labute approximate surface area is 164 Å². The molecule has 1 aliphatic rings. The molecule has 1 N–H and O–H groups in total. The van der Waals surface area contributed by atoms with E-state index in [0.29, 0.717) is 30.2 Å². The number of ether oxygens (including phenoxy) is 3. The summed E-state index contributed by atoms with van der Waals surface area (Å²) < 4.78 is 16.5. The normalized spacial score (nSPS) is 18.3. The Morgan fingerprint density at radius 3 is 2.43 bits per heavy atom. The molecule has 1 aromatic heterocycles. The highest BCUT2D eigenvalue weighted by Gasteiger charge is 2.33. The van der Waals surface area contributed by atoms with Crippen molar-refractivity contribution in [1.29, 1.82) is 0 Å². The van der Waals surface area contributed by atoms with Gasteiger partial charge in [0, 0.05) is 12.7 Å². The Morgan fingerprint density at radius 2 is 1.89 bits per heavy atom. The number of benzene rings is 1. The standard InChI is InChI=1S/C21H26N2O5/c1-26-17-11-15(12-18(27-2)20(17)28-3)19(16-8-4-5-9-22-16)23-10-6-7-14(13-23)21(24)25/h4-5,8-9,11-12,14,19H,6-7,10,13H2,1-3H3,(H,24,25). The molecular formula is C21H26N2O5. The zero-order valence-corrected chi connectivity index (χ0v) is 16.4. The van der Waals surface area contributed by atoms with Gasteiger partial charge in [0.1, 0.15) is 0 Å². The van der Waals surface area contributed by atoms with Crippen molar-refractivity contribution in [2.75, 3.05) is 34.4 Å². The first-order chi connectivity index (χ1) is 13.6. The lowest BCUT2D eigenvalue weighted by molar-refractivity contribution is -0.143. The third-order valence-electron chi connectivity index (χ3n) is 5.14. The van der Waals surface area contributed by atoms with Crippen LogP contribution in [0.3, 0.4) is 0 Å². The van der Waals surface area contributed by atoms with Gasteiger partial charge >= 0.3 is 5.97 Å². The van der Waals surface area contributed by atoms with Crippen LogP contribution in [0.25, 0.3) is 0 Å². The summed E-state index contributed by atoms with van der Waals surface area (Å²) in [6, 6.07) is 9.36. The van der Waals surface area contributed by atoms with Gasteiger partial charge in [-0.3, -0.25) is 14.7 Å². The van der Waals surface area contributed by atoms with Crippen LogP contribution in [0.4, 0.5) is 0 Å². The lowest BCUT2D eigenvalue weighted by atomic mass is 9.93. The summed E-state index contributed by atoms with van der Waals surface area (Å²) in [5.41, 5.74) is 1.77. The molecule has 0 bridgehead atoms. The van der Waals surface area contributed by atoms with Gasteiger partial charge in [-0.2, -0.15) is 0 Å². The summed E-state index contributed by atoms with van der Waals surface area (Å²) >= 11 is 0. The zero-order valence-electron chi connectivity index (χ0n) is 16.4. The number of carboxylic acids is 1. The van der Waals surface area contributed by atoms with E-state index in [0.717, 1.165) is 24.2 Å². The van der Waals surface area contributed by atoms with Crippen molar-refractivity contribution in [3.63, 3.8) is 0 Å². The largest absolute Gasteiger partial charge is 0.493 e. The first-order valence-electron chi connectivity index (χ1n) is 9.26. The maximum atomic E-state index is 11.6. The van der Waals surface area contributed by atoms with E-state index in [1.807, 2.05) is 30.3 Å². The number of carbonyl (C=O) groups is 1. The molecule has 2 unspecified atom stereocenters. The van der Waals surface area contributed by atoms with Crippen molar-refractivity contribution in [2.45, 2.75) is 18.9 Å². The van der Waals surface area contributed by atoms with Gasteiger partial charge in [-0.1, -0.05) is 6.07 Å².